The number of ether oxygens (including phenoxy) is 2. The summed E-state index contributed by atoms with van der Waals surface area (Å²) >= 11 is 0. The number of amides is 1. The molecule has 4 heterocycles. The quantitative estimate of drug-likeness (QED) is 0.426. The van der Waals surface area contributed by atoms with Crippen LogP contribution in [0.3, 0.4) is 0 Å². The maximum Gasteiger partial charge on any atom is 0.259 e. The number of aryl methyl sites for hydroxylation is 1. The third-order valence-electron chi connectivity index (χ3n) is 10.5. The lowest BCUT2D eigenvalue weighted by molar-refractivity contribution is -0.208. The summed E-state index contributed by atoms with van der Waals surface area (Å²) in [5.41, 5.74) is 0.229. The molecular formula is C30H42FN5O4. The Hall–Kier alpha value is -2.30. The van der Waals surface area contributed by atoms with E-state index < -0.39 is 24.2 Å². The van der Waals surface area contributed by atoms with Gasteiger partial charge in [-0.05, 0) is 44.1 Å². The average Bonchev–Trinajstić information content (AvgIpc) is 3.50. The molecule has 3 aliphatic carbocycles. The van der Waals surface area contributed by atoms with E-state index in [1.54, 1.807) is 17.4 Å². The maximum absolute atomic E-state index is 16.0. The first-order valence-corrected chi connectivity index (χ1v) is 15.5. The number of carbonyl (C=O) groups excluding carboxylic acids is 2. The Morgan fingerprint density at radius 3 is 2.70 bits per heavy atom. The van der Waals surface area contributed by atoms with E-state index in [1.165, 1.54) is 25.7 Å². The molecule has 0 spiro atoms. The molecule has 10 heteroatoms. The zero-order valence-electron chi connectivity index (χ0n) is 23.2. The van der Waals surface area contributed by atoms with E-state index >= 15 is 4.39 Å². The van der Waals surface area contributed by atoms with Gasteiger partial charge in [0, 0.05) is 44.1 Å². The fourth-order valence-electron chi connectivity index (χ4n) is 8.57. The van der Waals surface area contributed by atoms with E-state index in [0.29, 0.717) is 44.7 Å². The predicted molar refractivity (Wildman–Crippen MR) is 145 cm³/mol. The molecule has 0 radical (unpaired) electrons. The van der Waals surface area contributed by atoms with E-state index in [0.717, 1.165) is 25.8 Å². The number of halogens is 1. The smallest absolute Gasteiger partial charge is 0.259 e. The Morgan fingerprint density at radius 1 is 1.12 bits per heavy atom. The molecule has 1 amide bonds. The van der Waals surface area contributed by atoms with Crippen molar-refractivity contribution in [2.45, 2.75) is 94.4 Å². The van der Waals surface area contributed by atoms with Gasteiger partial charge < -0.3 is 29.2 Å². The van der Waals surface area contributed by atoms with Crippen molar-refractivity contribution in [2.24, 2.45) is 17.8 Å². The van der Waals surface area contributed by atoms with Crippen molar-refractivity contribution in [3.8, 4) is 0 Å². The Bertz CT molecular complexity index is 1110. The summed E-state index contributed by atoms with van der Waals surface area (Å²) in [6.45, 7) is 3.39. The summed E-state index contributed by atoms with van der Waals surface area (Å²) in [7, 11) is 0. The van der Waals surface area contributed by atoms with Gasteiger partial charge in [-0.25, -0.2) is 9.37 Å². The minimum Gasteiger partial charge on any atom is -0.378 e. The highest BCUT2D eigenvalue weighted by Gasteiger charge is 2.59. The SMILES string of the molecule is O=C1C(C(=O)N2CCOCC2)=CN2C3CC4CCCCC4CC3OC3C(NCCCn4ccnc4)C(F)CC1C32. The van der Waals surface area contributed by atoms with Crippen molar-refractivity contribution in [3.63, 3.8) is 0 Å². The van der Waals surface area contributed by atoms with Crippen molar-refractivity contribution in [2.75, 3.05) is 32.8 Å². The molecule has 9 atom stereocenters. The number of ketones is 1. The number of imidazole rings is 1. The van der Waals surface area contributed by atoms with E-state index in [1.807, 2.05) is 17.0 Å². The van der Waals surface area contributed by atoms with Crippen molar-refractivity contribution < 1.29 is 23.5 Å². The topological polar surface area (TPSA) is 88.9 Å². The summed E-state index contributed by atoms with van der Waals surface area (Å²) in [5.74, 6) is 0.301. The number of rotatable bonds is 6. The lowest BCUT2D eigenvalue weighted by Crippen LogP contribution is -2.73. The van der Waals surface area contributed by atoms with Crippen molar-refractivity contribution in [1.82, 2.24) is 24.7 Å². The number of morpholine rings is 2. The maximum atomic E-state index is 16.0. The van der Waals surface area contributed by atoms with E-state index in [2.05, 4.69) is 15.2 Å². The van der Waals surface area contributed by atoms with Crippen LogP contribution in [0.15, 0.2) is 30.5 Å². The van der Waals surface area contributed by atoms with Crippen molar-refractivity contribution in [3.05, 3.63) is 30.5 Å². The number of hydrogen-bond acceptors (Lipinski definition) is 7. The summed E-state index contributed by atoms with van der Waals surface area (Å²) in [4.78, 5) is 35.6. The molecule has 1 aromatic heterocycles. The molecule has 1 N–H and O–H groups in total. The Morgan fingerprint density at radius 2 is 1.93 bits per heavy atom. The van der Waals surface area contributed by atoms with Crippen LogP contribution >= 0.6 is 0 Å². The molecule has 9 unspecified atom stereocenters. The largest absolute Gasteiger partial charge is 0.378 e. The van der Waals surface area contributed by atoms with E-state index in [4.69, 9.17) is 9.47 Å². The van der Waals surface area contributed by atoms with Crippen LogP contribution in [0.25, 0.3) is 0 Å². The molecule has 0 aromatic carbocycles. The van der Waals surface area contributed by atoms with Crippen LogP contribution in [0.2, 0.25) is 0 Å². The van der Waals surface area contributed by atoms with Gasteiger partial charge in [0.25, 0.3) is 5.91 Å². The van der Waals surface area contributed by atoms with Gasteiger partial charge in [-0.2, -0.15) is 0 Å². The molecule has 1 aromatic rings. The Kier molecular flexibility index (Phi) is 7.43. The van der Waals surface area contributed by atoms with Gasteiger partial charge in [0.1, 0.15) is 6.17 Å². The number of hydrogen-bond donors (Lipinski definition) is 1. The van der Waals surface area contributed by atoms with Gasteiger partial charge >= 0.3 is 0 Å². The Balaban J connectivity index is 1.17. The van der Waals surface area contributed by atoms with Crippen LogP contribution < -0.4 is 5.32 Å². The third kappa shape index (κ3) is 4.79. The molecule has 40 heavy (non-hydrogen) atoms. The predicted octanol–water partition coefficient (Wildman–Crippen LogP) is 2.32. The number of alkyl halides is 1. The standard InChI is InChI=1S/C30H42FN5O4/c31-23-16-21-27-29(26(23)33-6-3-8-34-9-7-32-18-34)40-25-15-20-5-2-1-4-19(20)14-24(25)36(27)17-22(28(21)37)30(38)35-10-12-39-13-11-35/h7,9,17-21,23-27,29,33H,1-6,8,10-16H2. The highest BCUT2D eigenvalue weighted by molar-refractivity contribution is 6.20. The number of fused-ring (bicyclic) bond motifs is 3. The first-order valence-electron chi connectivity index (χ1n) is 15.5. The summed E-state index contributed by atoms with van der Waals surface area (Å²) in [6.07, 6.45) is 13.7. The van der Waals surface area contributed by atoms with Crippen LogP contribution in [0.5, 0.6) is 0 Å². The molecule has 218 valence electrons. The summed E-state index contributed by atoms with van der Waals surface area (Å²) in [5, 5.41) is 3.49. The van der Waals surface area contributed by atoms with Crippen LogP contribution in [-0.4, -0.2) is 100 Å². The molecule has 2 saturated heterocycles. The summed E-state index contributed by atoms with van der Waals surface area (Å²) < 4.78 is 30.3. The van der Waals surface area contributed by atoms with Gasteiger partial charge in [0.2, 0.25) is 0 Å². The minimum absolute atomic E-state index is 0.00834. The van der Waals surface area contributed by atoms with Crippen LogP contribution in [0, 0.1) is 17.8 Å². The molecule has 3 saturated carbocycles. The molecule has 0 bridgehead atoms. The highest BCUT2D eigenvalue weighted by atomic mass is 19.1. The minimum atomic E-state index is -1.22. The number of carbonyl (C=O) groups is 2. The lowest BCUT2D eigenvalue weighted by Gasteiger charge is -2.61. The average molecular weight is 556 g/mol. The zero-order valence-corrected chi connectivity index (χ0v) is 23.2. The molecular weight excluding hydrogens is 513 g/mol. The van der Waals surface area contributed by atoms with Crippen LogP contribution in [0.1, 0.15) is 51.4 Å². The van der Waals surface area contributed by atoms with Gasteiger partial charge in [-0.15, -0.1) is 0 Å². The van der Waals surface area contributed by atoms with Crippen LogP contribution in [-0.2, 0) is 25.6 Å². The second-order valence-corrected chi connectivity index (χ2v) is 12.7. The van der Waals surface area contributed by atoms with Crippen molar-refractivity contribution >= 4 is 11.7 Å². The monoisotopic (exact) mass is 555 g/mol. The second-order valence-electron chi connectivity index (χ2n) is 12.7. The third-order valence-corrected chi connectivity index (χ3v) is 10.5. The fourth-order valence-corrected chi connectivity index (χ4v) is 8.57. The van der Waals surface area contributed by atoms with Gasteiger partial charge in [0.15, 0.2) is 5.78 Å². The second kappa shape index (κ2) is 11.2. The van der Waals surface area contributed by atoms with Crippen LogP contribution in [0.4, 0.5) is 4.39 Å². The molecule has 6 aliphatic rings. The lowest BCUT2D eigenvalue weighted by atomic mass is 9.65. The summed E-state index contributed by atoms with van der Waals surface area (Å²) in [6, 6.07) is -0.593. The van der Waals surface area contributed by atoms with Gasteiger partial charge in [-0.3, -0.25) is 9.59 Å². The van der Waals surface area contributed by atoms with E-state index in [9.17, 15) is 9.59 Å². The van der Waals surface area contributed by atoms with E-state index in [-0.39, 0.29) is 41.9 Å². The zero-order chi connectivity index (χ0) is 27.2. The molecule has 3 aliphatic heterocycles. The molecule has 7 rings (SSSR count). The highest BCUT2D eigenvalue weighted by Crippen LogP contribution is 2.50. The van der Waals surface area contributed by atoms with Gasteiger partial charge in [0.05, 0.1) is 55.4 Å². The number of aromatic nitrogens is 2. The number of nitrogens with zero attached hydrogens (tertiary/aromatic N) is 4. The van der Waals surface area contributed by atoms with Crippen molar-refractivity contribution in [1.29, 1.82) is 0 Å². The number of nitrogens with one attached hydrogen (secondary N) is 1. The number of Topliss-reactive ketones (excluding diaryl/α,β-unsaturated/α-hetero) is 1. The molecule has 5 fully saturated rings. The molecule has 9 nitrogen and oxygen atoms in total. The Labute approximate surface area is 235 Å². The first kappa shape index (κ1) is 26.6. The van der Waals surface area contributed by atoms with Gasteiger partial charge in [-0.1, -0.05) is 25.7 Å². The first-order chi connectivity index (χ1) is 19.6. The normalized spacial score (nSPS) is 39.2. The fraction of sp³-hybridized carbons (Fsp3) is 0.767.